The van der Waals surface area contributed by atoms with Crippen LogP contribution in [0.15, 0.2) is 0 Å². The molecule has 0 aliphatic rings. The van der Waals surface area contributed by atoms with Gasteiger partial charge in [-0.3, -0.25) is 14.5 Å². The molecule has 0 saturated heterocycles. The van der Waals surface area contributed by atoms with E-state index in [9.17, 15) is 9.59 Å². The van der Waals surface area contributed by atoms with Gasteiger partial charge in [0.2, 0.25) is 0 Å². The molecule has 0 fully saturated rings. The number of carboxylic acids is 2. The minimum absolute atomic E-state index is 0.0963. The van der Waals surface area contributed by atoms with Crippen LogP contribution < -0.4 is 0 Å². The van der Waals surface area contributed by atoms with Crippen LogP contribution >= 0.6 is 0 Å². The molecule has 0 aromatic rings. The fraction of sp³-hybridized carbons (Fsp3) is 0.818. The topological polar surface area (TPSA) is 77.8 Å². The molecule has 2 N–H and O–H groups in total. The maximum atomic E-state index is 11.1. The highest BCUT2D eigenvalue weighted by molar-refractivity contribution is 5.75. The lowest BCUT2D eigenvalue weighted by Gasteiger charge is -2.27. The average Bonchev–Trinajstić information content (AvgIpc) is 2.17. The Morgan fingerprint density at radius 1 is 1.12 bits per heavy atom. The van der Waals surface area contributed by atoms with Crippen LogP contribution in [0.2, 0.25) is 0 Å². The number of nitrogens with zero attached hydrogens (tertiary/aromatic N) is 1. The Bertz CT molecular complexity index is 224. The lowest BCUT2D eigenvalue weighted by Crippen LogP contribution is -2.42. The van der Waals surface area contributed by atoms with E-state index in [1.807, 2.05) is 18.7 Å². The first-order valence-electron chi connectivity index (χ1n) is 5.71. The third-order valence-corrected chi connectivity index (χ3v) is 2.38. The summed E-state index contributed by atoms with van der Waals surface area (Å²) in [4.78, 5) is 23.4. The van der Waals surface area contributed by atoms with Gasteiger partial charge in [-0.25, -0.2) is 0 Å². The summed E-state index contributed by atoms with van der Waals surface area (Å²) < 4.78 is 0. The molecule has 0 aromatic carbocycles. The molecule has 1 atom stereocenters. The van der Waals surface area contributed by atoms with Crippen LogP contribution in [0.5, 0.6) is 0 Å². The van der Waals surface area contributed by atoms with Gasteiger partial charge in [-0.2, -0.15) is 0 Å². The highest BCUT2D eigenvalue weighted by Crippen LogP contribution is 2.09. The third kappa shape index (κ3) is 5.70. The van der Waals surface area contributed by atoms with Gasteiger partial charge in [-0.05, 0) is 32.4 Å². The molecular weight excluding hydrogens is 210 g/mol. The van der Waals surface area contributed by atoms with Crippen LogP contribution in [0.1, 0.15) is 39.5 Å². The van der Waals surface area contributed by atoms with Crippen molar-refractivity contribution in [2.45, 2.75) is 45.6 Å². The molecular formula is C11H21NO4. The Labute approximate surface area is 96.1 Å². The second-order valence-corrected chi connectivity index (χ2v) is 3.82. The van der Waals surface area contributed by atoms with Gasteiger partial charge in [0.25, 0.3) is 0 Å². The molecule has 0 aromatic heterocycles. The van der Waals surface area contributed by atoms with Gasteiger partial charge in [0.1, 0.15) is 6.04 Å². The Morgan fingerprint density at radius 3 is 1.94 bits per heavy atom. The first-order valence-corrected chi connectivity index (χ1v) is 5.71. The molecule has 0 radical (unpaired) electrons. The van der Waals surface area contributed by atoms with E-state index >= 15 is 0 Å². The minimum atomic E-state index is -0.945. The molecule has 1 unspecified atom stereocenters. The fourth-order valence-electron chi connectivity index (χ4n) is 1.72. The number of carboxylic acid groups (broad SMARTS) is 2. The Balaban J connectivity index is 4.43. The van der Waals surface area contributed by atoms with Crippen molar-refractivity contribution in [3.63, 3.8) is 0 Å². The molecule has 5 heteroatoms. The number of carbonyl (C=O) groups is 2. The van der Waals surface area contributed by atoms with E-state index < -0.39 is 18.0 Å². The zero-order chi connectivity index (χ0) is 12.6. The first-order chi connectivity index (χ1) is 7.52. The molecule has 0 heterocycles. The summed E-state index contributed by atoms with van der Waals surface area (Å²) >= 11 is 0. The van der Waals surface area contributed by atoms with E-state index in [0.29, 0.717) is 13.1 Å². The van der Waals surface area contributed by atoms with Crippen LogP contribution in [-0.4, -0.2) is 46.2 Å². The summed E-state index contributed by atoms with van der Waals surface area (Å²) in [6.45, 7) is 5.37. The highest BCUT2D eigenvalue weighted by Gasteiger charge is 2.24. The van der Waals surface area contributed by atoms with Crippen LogP contribution in [-0.2, 0) is 9.59 Å². The van der Waals surface area contributed by atoms with Crippen molar-refractivity contribution in [3.8, 4) is 0 Å². The lowest BCUT2D eigenvalue weighted by molar-refractivity contribution is -0.144. The van der Waals surface area contributed by atoms with E-state index in [2.05, 4.69) is 0 Å². The normalized spacial score (nSPS) is 12.7. The summed E-state index contributed by atoms with van der Waals surface area (Å²) in [5.74, 6) is -1.87. The van der Waals surface area contributed by atoms with Crippen LogP contribution in [0, 0.1) is 0 Å². The Hall–Kier alpha value is -1.10. The number of hydrogen-bond donors (Lipinski definition) is 2. The van der Waals surface area contributed by atoms with Gasteiger partial charge in [0, 0.05) is 6.42 Å². The lowest BCUT2D eigenvalue weighted by atomic mass is 10.1. The molecule has 5 nitrogen and oxygen atoms in total. The van der Waals surface area contributed by atoms with Gasteiger partial charge in [-0.15, -0.1) is 0 Å². The summed E-state index contributed by atoms with van der Waals surface area (Å²) in [5, 5.41) is 17.6. The predicted octanol–water partition coefficient (Wildman–Crippen LogP) is 1.43. The van der Waals surface area contributed by atoms with Crippen LogP contribution in [0.3, 0.4) is 0 Å². The largest absolute Gasteiger partial charge is 0.481 e. The molecule has 0 bridgehead atoms. The smallest absolute Gasteiger partial charge is 0.320 e. The summed E-state index contributed by atoms with van der Waals surface area (Å²) in [6.07, 6.45) is 1.82. The van der Waals surface area contributed by atoms with Crippen LogP contribution in [0.4, 0.5) is 0 Å². The summed E-state index contributed by atoms with van der Waals surface area (Å²) in [6, 6.07) is -0.670. The van der Waals surface area contributed by atoms with E-state index in [1.165, 1.54) is 0 Å². The number of rotatable bonds is 9. The third-order valence-electron chi connectivity index (χ3n) is 2.38. The zero-order valence-corrected chi connectivity index (χ0v) is 9.98. The van der Waals surface area contributed by atoms with Crippen molar-refractivity contribution in [2.24, 2.45) is 0 Å². The second-order valence-electron chi connectivity index (χ2n) is 3.82. The second kappa shape index (κ2) is 8.10. The van der Waals surface area contributed by atoms with Gasteiger partial charge >= 0.3 is 11.9 Å². The van der Waals surface area contributed by atoms with E-state index in [1.54, 1.807) is 0 Å². The maximum Gasteiger partial charge on any atom is 0.320 e. The summed E-state index contributed by atoms with van der Waals surface area (Å²) in [5.41, 5.74) is 0. The Morgan fingerprint density at radius 2 is 1.62 bits per heavy atom. The molecule has 0 saturated carbocycles. The number of aliphatic carboxylic acids is 2. The van der Waals surface area contributed by atoms with Crippen molar-refractivity contribution in [2.75, 3.05) is 13.1 Å². The molecule has 0 rings (SSSR count). The van der Waals surface area contributed by atoms with Crippen molar-refractivity contribution in [1.29, 1.82) is 0 Å². The van der Waals surface area contributed by atoms with Gasteiger partial charge < -0.3 is 10.2 Å². The minimum Gasteiger partial charge on any atom is -0.481 e. The van der Waals surface area contributed by atoms with Crippen molar-refractivity contribution in [1.82, 2.24) is 4.90 Å². The fourth-order valence-corrected chi connectivity index (χ4v) is 1.72. The quantitative estimate of drug-likeness (QED) is 0.627. The number of hydrogen-bond acceptors (Lipinski definition) is 3. The van der Waals surface area contributed by atoms with E-state index in [4.69, 9.17) is 10.2 Å². The van der Waals surface area contributed by atoms with Crippen LogP contribution in [0.25, 0.3) is 0 Å². The Kier molecular flexibility index (Phi) is 7.54. The van der Waals surface area contributed by atoms with Gasteiger partial charge in [-0.1, -0.05) is 13.8 Å². The SMILES string of the molecule is CCCN(CCC)C(CCC(=O)O)C(=O)O. The van der Waals surface area contributed by atoms with Gasteiger partial charge in [0.15, 0.2) is 0 Å². The summed E-state index contributed by atoms with van der Waals surface area (Å²) in [7, 11) is 0. The van der Waals surface area contributed by atoms with Crippen molar-refractivity contribution in [3.05, 3.63) is 0 Å². The monoisotopic (exact) mass is 231 g/mol. The van der Waals surface area contributed by atoms with Gasteiger partial charge in [0.05, 0.1) is 0 Å². The maximum absolute atomic E-state index is 11.1. The standard InChI is InChI=1S/C11H21NO4/c1-3-7-12(8-4-2)9(11(15)16)5-6-10(13)14/h9H,3-8H2,1-2H3,(H,13,14)(H,15,16). The molecule has 16 heavy (non-hydrogen) atoms. The first kappa shape index (κ1) is 14.9. The molecule has 94 valence electrons. The zero-order valence-electron chi connectivity index (χ0n) is 9.98. The molecule has 0 aliphatic carbocycles. The van der Waals surface area contributed by atoms with Crippen molar-refractivity contribution >= 4 is 11.9 Å². The van der Waals surface area contributed by atoms with E-state index in [-0.39, 0.29) is 12.8 Å². The highest BCUT2D eigenvalue weighted by atomic mass is 16.4. The predicted molar refractivity (Wildman–Crippen MR) is 60.4 cm³/mol. The van der Waals surface area contributed by atoms with Crippen molar-refractivity contribution < 1.29 is 19.8 Å². The van der Waals surface area contributed by atoms with E-state index in [0.717, 1.165) is 12.8 Å². The molecule has 0 amide bonds. The molecule has 0 aliphatic heterocycles. The molecule has 0 spiro atoms. The average molecular weight is 231 g/mol.